The molecule has 5 nitrogen and oxygen atoms in total. The molecule has 1 aliphatic heterocycles. The maximum atomic E-state index is 12.0. The van der Waals surface area contributed by atoms with Crippen molar-refractivity contribution in [3.05, 3.63) is 34.9 Å². The number of piperazine rings is 1. The Kier molecular flexibility index (Phi) is 4.90. The standard InChI is InChI=1S/C13H15ClN2O3/c14-12-4-2-1-3-10(12)11(9-17)13(18)19-16-7-5-15-6-8-16/h1-4,9,11,15H,5-8H2. The van der Waals surface area contributed by atoms with Crippen LogP contribution in [0, 0.1) is 0 Å². The highest BCUT2D eigenvalue weighted by molar-refractivity contribution is 6.32. The van der Waals surface area contributed by atoms with Gasteiger partial charge in [-0.1, -0.05) is 29.8 Å². The Morgan fingerprint density at radius 2 is 2.05 bits per heavy atom. The van der Waals surface area contributed by atoms with Crippen molar-refractivity contribution in [2.75, 3.05) is 26.2 Å². The molecule has 1 heterocycles. The zero-order chi connectivity index (χ0) is 13.7. The summed E-state index contributed by atoms with van der Waals surface area (Å²) in [5, 5.41) is 5.10. The normalized spacial score (nSPS) is 17.7. The molecule has 1 fully saturated rings. The molecule has 1 saturated heterocycles. The summed E-state index contributed by atoms with van der Waals surface area (Å²) in [5.41, 5.74) is 0.472. The number of nitrogens with one attached hydrogen (secondary N) is 1. The van der Waals surface area contributed by atoms with E-state index in [4.69, 9.17) is 16.4 Å². The molecule has 0 amide bonds. The number of aldehydes is 1. The molecule has 1 N–H and O–H groups in total. The lowest BCUT2D eigenvalue weighted by molar-refractivity contribution is -0.194. The molecule has 0 saturated carbocycles. The lowest BCUT2D eigenvalue weighted by Gasteiger charge is -2.26. The van der Waals surface area contributed by atoms with E-state index in [1.807, 2.05) is 0 Å². The van der Waals surface area contributed by atoms with Gasteiger partial charge < -0.3 is 14.9 Å². The first-order valence-electron chi connectivity index (χ1n) is 6.09. The molecule has 0 aromatic heterocycles. The Hall–Kier alpha value is -1.43. The van der Waals surface area contributed by atoms with E-state index in [-0.39, 0.29) is 0 Å². The monoisotopic (exact) mass is 282 g/mol. The average Bonchev–Trinajstić information content (AvgIpc) is 2.43. The van der Waals surface area contributed by atoms with Crippen LogP contribution in [0.3, 0.4) is 0 Å². The number of nitrogens with zero attached hydrogens (tertiary/aromatic N) is 1. The molecule has 1 aromatic carbocycles. The summed E-state index contributed by atoms with van der Waals surface area (Å²) in [6.45, 7) is 2.73. The van der Waals surface area contributed by atoms with E-state index >= 15 is 0 Å². The smallest absolute Gasteiger partial charge is 0.339 e. The molecule has 2 rings (SSSR count). The average molecular weight is 283 g/mol. The largest absolute Gasteiger partial charge is 0.367 e. The summed E-state index contributed by atoms with van der Waals surface area (Å²) in [6.07, 6.45) is 0.561. The van der Waals surface area contributed by atoms with Crippen molar-refractivity contribution in [1.82, 2.24) is 10.4 Å². The second-order valence-electron chi connectivity index (χ2n) is 4.22. The topological polar surface area (TPSA) is 58.6 Å². The Morgan fingerprint density at radius 3 is 2.68 bits per heavy atom. The van der Waals surface area contributed by atoms with Gasteiger partial charge in [0.1, 0.15) is 12.2 Å². The predicted octanol–water partition coefficient (Wildman–Crippen LogP) is 0.986. The van der Waals surface area contributed by atoms with Crippen LogP contribution in [-0.4, -0.2) is 43.5 Å². The molecular weight excluding hydrogens is 268 g/mol. The second-order valence-corrected chi connectivity index (χ2v) is 4.63. The molecule has 19 heavy (non-hydrogen) atoms. The number of carbonyl (C=O) groups excluding carboxylic acids is 2. The molecule has 1 unspecified atom stereocenters. The van der Waals surface area contributed by atoms with Gasteiger partial charge in [-0.25, -0.2) is 4.79 Å². The number of carbonyl (C=O) groups is 2. The molecule has 0 radical (unpaired) electrons. The predicted molar refractivity (Wildman–Crippen MR) is 70.8 cm³/mol. The summed E-state index contributed by atoms with van der Waals surface area (Å²) >= 11 is 5.99. The Labute approximate surface area is 116 Å². The summed E-state index contributed by atoms with van der Waals surface area (Å²) in [4.78, 5) is 28.4. The number of halogens is 1. The minimum absolute atomic E-state index is 0.386. The molecule has 0 bridgehead atoms. The fraction of sp³-hybridized carbons (Fsp3) is 0.385. The van der Waals surface area contributed by atoms with Gasteiger partial charge in [0.2, 0.25) is 0 Å². The maximum absolute atomic E-state index is 12.0. The highest BCUT2D eigenvalue weighted by Crippen LogP contribution is 2.24. The van der Waals surface area contributed by atoms with E-state index in [9.17, 15) is 9.59 Å². The van der Waals surface area contributed by atoms with Gasteiger partial charge in [0.15, 0.2) is 0 Å². The van der Waals surface area contributed by atoms with Crippen molar-refractivity contribution < 1.29 is 14.4 Å². The third-order valence-electron chi connectivity index (χ3n) is 2.93. The van der Waals surface area contributed by atoms with Gasteiger partial charge in [0, 0.05) is 31.2 Å². The van der Waals surface area contributed by atoms with Gasteiger partial charge in [0.25, 0.3) is 0 Å². The minimum Gasteiger partial charge on any atom is -0.367 e. The highest BCUT2D eigenvalue weighted by atomic mass is 35.5. The van der Waals surface area contributed by atoms with Gasteiger partial charge in [-0.05, 0) is 11.6 Å². The zero-order valence-corrected chi connectivity index (χ0v) is 11.1. The molecule has 102 valence electrons. The van der Waals surface area contributed by atoms with Crippen LogP contribution in [0.25, 0.3) is 0 Å². The minimum atomic E-state index is -0.983. The molecule has 0 aliphatic carbocycles. The Balaban J connectivity index is 2.06. The highest BCUT2D eigenvalue weighted by Gasteiger charge is 2.26. The van der Waals surface area contributed by atoms with Crippen LogP contribution in [-0.2, 0) is 14.4 Å². The second kappa shape index (κ2) is 6.65. The molecular formula is C13H15ClN2O3. The van der Waals surface area contributed by atoms with Gasteiger partial charge in [-0.3, -0.25) is 0 Å². The number of hydrogen-bond donors (Lipinski definition) is 1. The van der Waals surface area contributed by atoms with E-state index in [0.29, 0.717) is 30.0 Å². The summed E-state index contributed by atoms with van der Waals surface area (Å²) < 4.78 is 0. The van der Waals surface area contributed by atoms with Crippen LogP contribution in [0.1, 0.15) is 11.5 Å². The van der Waals surface area contributed by atoms with E-state index in [2.05, 4.69) is 5.32 Å². The first-order chi connectivity index (χ1) is 9.22. The van der Waals surface area contributed by atoms with Crippen LogP contribution in [0.15, 0.2) is 24.3 Å². The molecule has 1 aromatic rings. The maximum Gasteiger partial charge on any atom is 0.339 e. The zero-order valence-electron chi connectivity index (χ0n) is 10.3. The van der Waals surface area contributed by atoms with Crippen LogP contribution in [0.2, 0.25) is 5.02 Å². The molecule has 0 spiro atoms. The summed E-state index contributed by atoms with van der Waals surface area (Å²) in [6, 6.07) is 6.77. The van der Waals surface area contributed by atoms with Crippen molar-refractivity contribution in [3.63, 3.8) is 0 Å². The van der Waals surface area contributed by atoms with Crippen LogP contribution < -0.4 is 5.32 Å². The van der Waals surface area contributed by atoms with E-state index in [0.717, 1.165) is 13.1 Å². The lowest BCUT2D eigenvalue weighted by Crippen LogP contribution is -2.45. The third-order valence-corrected chi connectivity index (χ3v) is 3.27. The number of benzene rings is 1. The summed E-state index contributed by atoms with van der Waals surface area (Å²) in [5.74, 6) is -1.58. The Morgan fingerprint density at radius 1 is 1.37 bits per heavy atom. The number of hydroxylamine groups is 2. The van der Waals surface area contributed by atoms with E-state index in [1.54, 1.807) is 29.3 Å². The number of hydrogen-bond acceptors (Lipinski definition) is 5. The van der Waals surface area contributed by atoms with Crippen LogP contribution in [0.4, 0.5) is 0 Å². The van der Waals surface area contributed by atoms with Crippen molar-refractivity contribution in [2.45, 2.75) is 5.92 Å². The SMILES string of the molecule is O=CC(C(=O)ON1CCNCC1)c1ccccc1Cl. The molecule has 6 heteroatoms. The van der Waals surface area contributed by atoms with Gasteiger partial charge >= 0.3 is 5.97 Å². The van der Waals surface area contributed by atoms with Gasteiger partial charge in [-0.2, -0.15) is 0 Å². The van der Waals surface area contributed by atoms with E-state index in [1.165, 1.54) is 0 Å². The first kappa shape index (κ1) is 14.0. The Bertz CT molecular complexity index is 461. The van der Waals surface area contributed by atoms with Crippen LogP contribution >= 0.6 is 11.6 Å². The van der Waals surface area contributed by atoms with Crippen molar-refractivity contribution in [1.29, 1.82) is 0 Å². The molecule has 1 aliphatic rings. The van der Waals surface area contributed by atoms with Crippen molar-refractivity contribution >= 4 is 23.9 Å². The lowest BCUT2D eigenvalue weighted by atomic mass is 10.0. The van der Waals surface area contributed by atoms with Gasteiger partial charge in [-0.15, -0.1) is 5.06 Å². The van der Waals surface area contributed by atoms with Crippen molar-refractivity contribution in [2.24, 2.45) is 0 Å². The first-order valence-corrected chi connectivity index (χ1v) is 6.47. The quantitative estimate of drug-likeness (QED) is 0.659. The summed E-state index contributed by atoms with van der Waals surface area (Å²) in [7, 11) is 0. The number of rotatable bonds is 4. The fourth-order valence-corrected chi connectivity index (χ4v) is 2.16. The van der Waals surface area contributed by atoms with E-state index < -0.39 is 11.9 Å². The molecule has 1 atom stereocenters. The third kappa shape index (κ3) is 3.53. The van der Waals surface area contributed by atoms with Gasteiger partial charge in [0.05, 0.1) is 0 Å². The fourth-order valence-electron chi connectivity index (χ4n) is 1.90. The van der Waals surface area contributed by atoms with Crippen LogP contribution in [0.5, 0.6) is 0 Å². The van der Waals surface area contributed by atoms with Crippen molar-refractivity contribution in [3.8, 4) is 0 Å².